The van der Waals surface area contributed by atoms with Crippen molar-refractivity contribution in [1.82, 2.24) is 4.72 Å². The molecule has 0 spiro atoms. The second kappa shape index (κ2) is 8.11. The van der Waals surface area contributed by atoms with Crippen LogP contribution in [0.4, 0.5) is 0 Å². The van der Waals surface area contributed by atoms with Crippen LogP contribution in [0, 0.1) is 12.8 Å². The molecule has 0 saturated heterocycles. The van der Waals surface area contributed by atoms with Crippen molar-refractivity contribution >= 4 is 10.0 Å². The zero-order valence-corrected chi connectivity index (χ0v) is 15.5. The number of hydrogen-bond acceptors (Lipinski definition) is 2. The second-order valence-corrected chi connectivity index (χ2v) is 8.72. The van der Waals surface area contributed by atoms with Crippen molar-refractivity contribution < 1.29 is 8.42 Å². The summed E-state index contributed by atoms with van der Waals surface area (Å²) in [4.78, 5) is 0.351. The Bertz CT molecular complexity index is 549. The van der Waals surface area contributed by atoms with Crippen molar-refractivity contribution in [3.63, 3.8) is 0 Å². The molecule has 0 saturated carbocycles. The molecule has 0 unspecified atom stereocenters. The van der Waals surface area contributed by atoms with Gasteiger partial charge in [0.25, 0.3) is 0 Å². The quantitative estimate of drug-likeness (QED) is 0.671. The highest BCUT2D eigenvalue weighted by Gasteiger charge is 2.30. The molecule has 22 heavy (non-hydrogen) atoms. The van der Waals surface area contributed by atoms with Gasteiger partial charge < -0.3 is 0 Å². The van der Waals surface area contributed by atoms with Gasteiger partial charge >= 0.3 is 0 Å². The first-order valence-corrected chi connectivity index (χ1v) is 9.77. The van der Waals surface area contributed by atoms with Crippen LogP contribution in [-0.2, 0) is 10.0 Å². The van der Waals surface area contributed by atoms with Crippen LogP contribution in [0.5, 0.6) is 0 Å². The first-order chi connectivity index (χ1) is 10.2. The highest BCUT2D eigenvalue weighted by atomic mass is 32.2. The second-order valence-electron chi connectivity index (χ2n) is 7.03. The summed E-state index contributed by atoms with van der Waals surface area (Å²) in [6, 6.07) is 7.04. The van der Waals surface area contributed by atoms with Crippen molar-refractivity contribution in [3.05, 3.63) is 29.8 Å². The number of rotatable bonds is 9. The predicted molar refractivity (Wildman–Crippen MR) is 93.5 cm³/mol. The minimum absolute atomic E-state index is 0.351. The molecule has 0 fully saturated rings. The van der Waals surface area contributed by atoms with Gasteiger partial charge in [0.2, 0.25) is 10.0 Å². The van der Waals surface area contributed by atoms with Gasteiger partial charge in [-0.3, -0.25) is 0 Å². The fourth-order valence-corrected chi connectivity index (χ4v) is 4.41. The Morgan fingerprint density at radius 3 is 2.23 bits per heavy atom. The molecule has 0 aliphatic rings. The Morgan fingerprint density at radius 2 is 1.73 bits per heavy atom. The van der Waals surface area contributed by atoms with Crippen LogP contribution in [0.25, 0.3) is 0 Å². The molecule has 1 atom stereocenters. The number of aryl methyl sites for hydroxylation is 1. The standard InChI is InChI=1S/C18H31NO2S/c1-6-7-8-13-18(5,14-15(2)3)19-22(20,21)17-11-9-16(4)10-12-17/h9-12,15,19H,6-8,13-14H2,1-5H3/t18-/m1/s1. The number of nitrogens with one attached hydrogen (secondary N) is 1. The lowest BCUT2D eigenvalue weighted by Crippen LogP contribution is -2.46. The van der Waals surface area contributed by atoms with E-state index in [9.17, 15) is 8.42 Å². The highest BCUT2D eigenvalue weighted by molar-refractivity contribution is 7.89. The first-order valence-electron chi connectivity index (χ1n) is 8.29. The molecule has 1 rings (SSSR count). The summed E-state index contributed by atoms with van der Waals surface area (Å²) < 4.78 is 28.3. The van der Waals surface area contributed by atoms with E-state index in [1.165, 1.54) is 0 Å². The molecule has 0 heterocycles. The van der Waals surface area contributed by atoms with Crippen molar-refractivity contribution in [2.45, 2.75) is 77.2 Å². The zero-order chi connectivity index (χ0) is 16.8. The lowest BCUT2D eigenvalue weighted by Gasteiger charge is -2.32. The zero-order valence-electron chi connectivity index (χ0n) is 14.6. The third-order valence-electron chi connectivity index (χ3n) is 3.90. The maximum absolute atomic E-state index is 12.7. The Hall–Kier alpha value is -0.870. The Balaban J connectivity index is 2.93. The predicted octanol–water partition coefficient (Wildman–Crippen LogP) is 4.66. The van der Waals surface area contributed by atoms with Gasteiger partial charge in [-0.1, -0.05) is 57.7 Å². The van der Waals surface area contributed by atoms with Crippen LogP contribution < -0.4 is 4.72 Å². The number of hydrogen-bond donors (Lipinski definition) is 1. The Morgan fingerprint density at radius 1 is 1.14 bits per heavy atom. The molecular formula is C18H31NO2S. The summed E-state index contributed by atoms with van der Waals surface area (Å²) in [6.45, 7) is 10.4. The molecule has 0 aromatic heterocycles. The Labute approximate surface area is 136 Å². The molecule has 1 N–H and O–H groups in total. The first kappa shape index (κ1) is 19.2. The van der Waals surface area contributed by atoms with Crippen LogP contribution in [0.2, 0.25) is 0 Å². The minimum atomic E-state index is -3.47. The minimum Gasteiger partial charge on any atom is -0.207 e. The topological polar surface area (TPSA) is 46.2 Å². The fraction of sp³-hybridized carbons (Fsp3) is 0.667. The molecule has 0 aliphatic carbocycles. The normalized spacial score (nSPS) is 15.0. The fourth-order valence-electron chi connectivity index (χ4n) is 2.96. The molecule has 126 valence electrons. The maximum Gasteiger partial charge on any atom is 0.241 e. The van der Waals surface area contributed by atoms with Crippen molar-refractivity contribution in [2.75, 3.05) is 0 Å². The van der Waals surface area contributed by atoms with E-state index in [4.69, 9.17) is 0 Å². The van der Waals surface area contributed by atoms with Gasteiger partial charge in [0.15, 0.2) is 0 Å². The summed E-state index contributed by atoms with van der Waals surface area (Å²) in [5.74, 6) is 0.451. The van der Waals surface area contributed by atoms with Gasteiger partial charge in [-0.2, -0.15) is 0 Å². The molecule has 0 radical (unpaired) electrons. The third-order valence-corrected chi connectivity index (χ3v) is 5.56. The van der Waals surface area contributed by atoms with Crippen molar-refractivity contribution in [2.24, 2.45) is 5.92 Å². The van der Waals surface area contributed by atoms with E-state index in [0.29, 0.717) is 10.8 Å². The van der Waals surface area contributed by atoms with E-state index in [1.54, 1.807) is 12.1 Å². The summed E-state index contributed by atoms with van der Waals surface area (Å²) in [7, 11) is -3.47. The van der Waals surface area contributed by atoms with E-state index in [1.807, 2.05) is 26.0 Å². The molecule has 0 aliphatic heterocycles. The number of benzene rings is 1. The average Bonchev–Trinajstić information content (AvgIpc) is 2.37. The van der Waals surface area contributed by atoms with Crippen LogP contribution >= 0.6 is 0 Å². The largest absolute Gasteiger partial charge is 0.241 e. The lowest BCUT2D eigenvalue weighted by molar-refractivity contribution is 0.306. The molecule has 0 bridgehead atoms. The van der Waals surface area contributed by atoms with E-state index < -0.39 is 10.0 Å². The van der Waals surface area contributed by atoms with Gasteiger partial charge in [0, 0.05) is 5.54 Å². The SMILES string of the molecule is CCCCC[C@](C)(CC(C)C)NS(=O)(=O)c1ccc(C)cc1. The summed E-state index contributed by atoms with van der Waals surface area (Å²) >= 11 is 0. The van der Waals surface area contributed by atoms with Gasteiger partial charge in [0.05, 0.1) is 4.90 Å². The molecule has 4 heteroatoms. The monoisotopic (exact) mass is 325 g/mol. The third kappa shape index (κ3) is 6.09. The molecule has 1 aromatic carbocycles. The van der Waals surface area contributed by atoms with Gasteiger partial charge in [0.1, 0.15) is 0 Å². The number of sulfonamides is 1. The maximum atomic E-state index is 12.7. The van der Waals surface area contributed by atoms with E-state index >= 15 is 0 Å². The van der Waals surface area contributed by atoms with Crippen LogP contribution in [0.3, 0.4) is 0 Å². The van der Waals surface area contributed by atoms with Crippen LogP contribution in [0.15, 0.2) is 29.2 Å². The smallest absolute Gasteiger partial charge is 0.207 e. The van der Waals surface area contributed by atoms with E-state index in [-0.39, 0.29) is 5.54 Å². The summed E-state index contributed by atoms with van der Waals surface area (Å²) in [6.07, 6.45) is 5.06. The molecule has 0 amide bonds. The highest BCUT2D eigenvalue weighted by Crippen LogP contribution is 2.26. The molecule has 3 nitrogen and oxygen atoms in total. The molecule has 1 aromatic rings. The van der Waals surface area contributed by atoms with E-state index in [0.717, 1.165) is 37.7 Å². The summed E-state index contributed by atoms with van der Waals surface area (Å²) in [5.41, 5.74) is 0.680. The van der Waals surface area contributed by atoms with Crippen LogP contribution in [-0.4, -0.2) is 14.0 Å². The van der Waals surface area contributed by atoms with Crippen LogP contribution in [0.1, 0.15) is 65.4 Å². The number of unbranched alkanes of at least 4 members (excludes halogenated alkanes) is 2. The Kier molecular flexibility index (Phi) is 7.07. The van der Waals surface area contributed by atoms with Gasteiger partial charge in [-0.15, -0.1) is 0 Å². The van der Waals surface area contributed by atoms with Gasteiger partial charge in [-0.05, 0) is 44.7 Å². The summed E-state index contributed by atoms with van der Waals surface area (Å²) in [5, 5.41) is 0. The van der Waals surface area contributed by atoms with E-state index in [2.05, 4.69) is 25.5 Å². The van der Waals surface area contributed by atoms with Crippen molar-refractivity contribution in [3.8, 4) is 0 Å². The van der Waals surface area contributed by atoms with Gasteiger partial charge in [-0.25, -0.2) is 13.1 Å². The average molecular weight is 326 g/mol. The lowest BCUT2D eigenvalue weighted by atomic mass is 9.87. The molecular weight excluding hydrogens is 294 g/mol. The van der Waals surface area contributed by atoms with Crippen molar-refractivity contribution in [1.29, 1.82) is 0 Å².